The molecule has 2 aromatic rings. The Labute approximate surface area is 99.7 Å². The molecule has 4 nitrogen and oxygen atoms in total. The second kappa shape index (κ2) is 4.49. The molecule has 0 aliphatic rings. The molecule has 0 unspecified atom stereocenters. The van der Waals surface area contributed by atoms with Gasteiger partial charge in [-0.25, -0.2) is 4.79 Å². The van der Waals surface area contributed by atoms with Gasteiger partial charge in [-0.1, -0.05) is 12.1 Å². The predicted molar refractivity (Wildman–Crippen MR) is 65.2 cm³/mol. The maximum absolute atomic E-state index is 11.1. The van der Waals surface area contributed by atoms with Crippen LogP contribution in [-0.4, -0.2) is 24.3 Å². The summed E-state index contributed by atoms with van der Waals surface area (Å²) < 4.78 is 12.1. The maximum atomic E-state index is 11.1. The number of methoxy groups -OCH3 is 1. The number of aryl methyl sites for hydroxylation is 1. The van der Waals surface area contributed by atoms with Gasteiger partial charge in [-0.3, -0.25) is 0 Å². The number of carbonyl (C=O) groups excluding carboxylic acids is 1. The van der Waals surface area contributed by atoms with Crippen LogP contribution in [0.4, 0.5) is 0 Å². The van der Waals surface area contributed by atoms with E-state index in [2.05, 4.69) is 4.74 Å². The molecule has 0 saturated heterocycles. The number of esters is 1. The first-order valence-corrected chi connectivity index (χ1v) is 5.38. The molecule has 1 heterocycles. The lowest BCUT2D eigenvalue weighted by Gasteiger charge is -2.05. The number of carbonyl (C=O) groups is 1. The van der Waals surface area contributed by atoms with Crippen LogP contribution in [0, 0.1) is 6.92 Å². The highest BCUT2D eigenvalue weighted by molar-refractivity contribution is 5.88. The number of para-hydroxylation sites is 1. The molecule has 0 amide bonds. The zero-order chi connectivity index (χ0) is 12.4. The Kier molecular flexibility index (Phi) is 3.04. The first-order valence-electron chi connectivity index (χ1n) is 5.38. The van der Waals surface area contributed by atoms with E-state index in [0.29, 0.717) is 0 Å². The largest absolute Gasteiger partial charge is 0.479 e. The van der Waals surface area contributed by atoms with Crippen LogP contribution in [0.3, 0.4) is 0 Å². The SMILES string of the molecule is COC(=O)COc1c(C)n(C)c2ccccc12. The molecule has 0 spiro atoms. The van der Waals surface area contributed by atoms with Gasteiger partial charge in [0.05, 0.1) is 18.3 Å². The van der Waals surface area contributed by atoms with Crippen LogP contribution in [0.2, 0.25) is 0 Å². The lowest BCUT2D eigenvalue weighted by Crippen LogP contribution is -2.12. The average molecular weight is 233 g/mol. The van der Waals surface area contributed by atoms with Crippen molar-refractivity contribution in [3.8, 4) is 5.75 Å². The molecule has 0 atom stereocenters. The Morgan fingerprint density at radius 2 is 2.06 bits per heavy atom. The van der Waals surface area contributed by atoms with Gasteiger partial charge in [-0.05, 0) is 19.1 Å². The minimum Gasteiger partial charge on any atom is -0.479 e. The topological polar surface area (TPSA) is 40.5 Å². The first-order chi connectivity index (χ1) is 8.15. The van der Waals surface area contributed by atoms with Crippen molar-refractivity contribution in [2.75, 3.05) is 13.7 Å². The van der Waals surface area contributed by atoms with E-state index < -0.39 is 0 Å². The Bertz CT molecular complexity index is 557. The highest BCUT2D eigenvalue weighted by atomic mass is 16.6. The van der Waals surface area contributed by atoms with Gasteiger partial charge >= 0.3 is 5.97 Å². The third-order valence-electron chi connectivity index (χ3n) is 2.90. The van der Waals surface area contributed by atoms with E-state index in [1.807, 2.05) is 42.8 Å². The minimum absolute atomic E-state index is 0.0641. The van der Waals surface area contributed by atoms with Crippen molar-refractivity contribution in [3.05, 3.63) is 30.0 Å². The maximum Gasteiger partial charge on any atom is 0.343 e. The van der Waals surface area contributed by atoms with E-state index in [9.17, 15) is 4.79 Å². The molecular formula is C13H15NO3. The molecule has 0 aliphatic carbocycles. The first kappa shape index (κ1) is 11.5. The molecule has 0 N–H and O–H groups in total. The molecule has 0 radical (unpaired) electrons. The monoisotopic (exact) mass is 233 g/mol. The summed E-state index contributed by atoms with van der Waals surface area (Å²) in [6.45, 7) is 1.90. The van der Waals surface area contributed by atoms with E-state index in [1.54, 1.807) is 0 Å². The fraction of sp³-hybridized carbons (Fsp3) is 0.308. The molecule has 4 heteroatoms. The van der Waals surface area contributed by atoms with Crippen LogP contribution < -0.4 is 4.74 Å². The summed E-state index contributed by atoms with van der Waals surface area (Å²) in [5.41, 5.74) is 2.08. The van der Waals surface area contributed by atoms with Gasteiger partial charge < -0.3 is 14.0 Å². The third kappa shape index (κ3) is 1.98. The van der Waals surface area contributed by atoms with Gasteiger partial charge in [-0.15, -0.1) is 0 Å². The lowest BCUT2D eigenvalue weighted by atomic mass is 10.2. The Morgan fingerprint density at radius 1 is 1.35 bits per heavy atom. The zero-order valence-corrected chi connectivity index (χ0v) is 10.2. The summed E-state index contributed by atoms with van der Waals surface area (Å²) in [4.78, 5) is 11.1. The molecule has 2 rings (SSSR count). The Hall–Kier alpha value is -1.97. The van der Waals surface area contributed by atoms with Crippen molar-refractivity contribution in [3.63, 3.8) is 0 Å². The second-order valence-corrected chi connectivity index (χ2v) is 3.86. The molecule has 90 valence electrons. The van der Waals surface area contributed by atoms with Gasteiger partial charge in [0.2, 0.25) is 0 Å². The average Bonchev–Trinajstić information content (AvgIpc) is 2.60. The van der Waals surface area contributed by atoms with Gasteiger partial charge in [0.25, 0.3) is 0 Å². The van der Waals surface area contributed by atoms with E-state index in [1.165, 1.54) is 7.11 Å². The molecular weight excluding hydrogens is 218 g/mol. The normalized spacial score (nSPS) is 10.5. The minimum atomic E-state index is -0.377. The van der Waals surface area contributed by atoms with Crippen LogP contribution in [0.5, 0.6) is 5.75 Å². The van der Waals surface area contributed by atoms with Gasteiger partial charge in [0.1, 0.15) is 5.75 Å². The van der Waals surface area contributed by atoms with Crippen molar-refractivity contribution in [2.24, 2.45) is 7.05 Å². The fourth-order valence-electron chi connectivity index (χ4n) is 1.86. The van der Waals surface area contributed by atoms with E-state index in [4.69, 9.17) is 4.74 Å². The number of hydrogen-bond acceptors (Lipinski definition) is 3. The van der Waals surface area contributed by atoms with Crippen molar-refractivity contribution in [1.29, 1.82) is 0 Å². The molecule has 0 bridgehead atoms. The highest BCUT2D eigenvalue weighted by Gasteiger charge is 2.13. The summed E-state index contributed by atoms with van der Waals surface area (Å²) in [6, 6.07) is 7.93. The summed E-state index contributed by atoms with van der Waals surface area (Å²) in [5, 5.41) is 1.01. The number of nitrogens with zero attached hydrogens (tertiary/aromatic N) is 1. The third-order valence-corrected chi connectivity index (χ3v) is 2.90. The smallest absolute Gasteiger partial charge is 0.343 e. The van der Waals surface area contributed by atoms with Crippen LogP contribution in [0.15, 0.2) is 24.3 Å². The fourth-order valence-corrected chi connectivity index (χ4v) is 1.86. The summed E-state index contributed by atoms with van der Waals surface area (Å²) in [5.74, 6) is 0.367. The Morgan fingerprint density at radius 3 is 2.76 bits per heavy atom. The van der Waals surface area contributed by atoms with E-state index >= 15 is 0 Å². The van der Waals surface area contributed by atoms with Crippen molar-refractivity contribution < 1.29 is 14.3 Å². The molecule has 17 heavy (non-hydrogen) atoms. The van der Waals surface area contributed by atoms with Gasteiger partial charge in [0.15, 0.2) is 6.61 Å². The lowest BCUT2D eigenvalue weighted by molar-refractivity contribution is -0.142. The van der Waals surface area contributed by atoms with Crippen LogP contribution >= 0.6 is 0 Å². The van der Waals surface area contributed by atoms with E-state index in [-0.39, 0.29) is 12.6 Å². The number of benzene rings is 1. The predicted octanol–water partition coefficient (Wildman–Crippen LogP) is 2.04. The zero-order valence-electron chi connectivity index (χ0n) is 10.2. The quantitative estimate of drug-likeness (QED) is 0.762. The van der Waals surface area contributed by atoms with Crippen molar-refractivity contribution in [2.45, 2.75) is 6.92 Å². The molecule has 1 aromatic heterocycles. The standard InChI is InChI=1S/C13H15NO3/c1-9-13(17-8-12(15)16-3)10-6-4-5-7-11(10)14(9)2/h4-7H,8H2,1-3H3. The highest BCUT2D eigenvalue weighted by Crippen LogP contribution is 2.31. The molecule has 1 aromatic carbocycles. The van der Waals surface area contributed by atoms with Gasteiger partial charge in [-0.2, -0.15) is 0 Å². The Balaban J connectivity index is 2.39. The van der Waals surface area contributed by atoms with E-state index in [0.717, 1.165) is 22.3 Å². The summed E-state index contributed by atoms with van der Waals surface area (Å²) >= 11 is 0. The van der Waals surface area contributed by atoms with Crippen LogP contribution in [0.25, 0.3) is 10.9 Å². The van der Waals surface area contributed by atoms with Crippen molar-refractivity contribution in [1.82, 2.24) is 4.57 Å². The van der Waals surface area contributed by atoms with Crippen LogP contribution in [0.1, 0.15) is 5.69 Å². The van der Waals surface area contributed by atoms with Crippen molar-refractivity contribution >= 4 is 16.9 Å². The number of hydrogen-bond donors (Lipinski definition) is 0. The number of ether oxygens (including phenoxy) is 2. The number of aromatic nitrogens is 1. The molecule has 0 aliphatic heterocycles. The van der Waals surface area contributed by atoms with Crippen LogP contribution in [-0.2, 0) is 16.6 Å². The number of rotatable bonds is 3. The summed E-state index contributed by atoms with van der Waals surface area (Å²) in [6.07, 6.45) is 0. The second-order valence-electron chi connectivity index (χ2n) is 3.86. The summed E-state index contributed by atoms with van der Waals surface area (Å²) in [7, 11) is 3.32. The number of fused-ring (bicyclic) bond motifs is 1. The molecule has 0 fully saturated rings. The van der Waals surface area contributed by atoms with Gasteiger partial charge in [0, 0.05) is 12.4 Å². The molecule has 0 saturated carbocycles.